The van der Waals surface area contributed by atoms with Crippen LogP contribution in [0.1, 0.15) is 20.9 Å². The summed E-state index contributed by atoms with van der Waals surface area (Å²) >= 11 is 1.37. The number of fused-ring (bicyclic) bond motifs is 1. The summed E-state index contributed by atoms with van der Waals surface area (Å²) in [6, 6.07) is 21.9. The zero-order valence-electron chi connectivity index (χ0n) is 20.5. The van der Waals surface area contributed by atoms with Crippen LogP contribution in [0.3, 0.4) is 0 Å². The predicted octanol–water partition coefficient (Wildman–Crippen LogP) is 5.79. The summed E-state index contributed by atoms with van der Waals surface area (Å²) in [5, 5.41) is 13.1. The molecular formula is C28H23N7OS. The number of hydrogen-bond acceptors (Lipinski definition) is 6. The molecule has 1 amide bonds. The van der Waals surface area contributed by atoms with E-state index in [0.717, 1.165) is 33.1 Å². The van der Waals surface area contributed by atoms with Gasteiger partial charge in [-0.05, 0) is 26.0 Å². The molecular weight excluding hydrogens is 482 g/mol. The molecule has 0 bridgehead atoms. The van der Waals surface area contributed by atoms with Crippen molar-refractivity contribution < 1.29 is 4.79 Å². The Morgan fingerprint density at radius 3 is 2.43 bits per heavy atom. The van der Waals surface area contributed by atoms with Crippen LogP contribution in [0.4, 0.5) is 5.82 Å². The Hall–Kier alpha value is -4.63. The van der Waals surface area contributed by atoms with Crippen LogP contribution in [0.15, 0.2) is 79.1 Å². The van der Waals surface area contributed by atoms with Crippen LogP contribution >= 0.6 is 11.3 Å². The van der Waals surface area contributed by atoms with E-state index >= 15 is 0 Å². The van der Waals surface area contributed by atoms with Crippen molar-refractivity contribution in [2.75, 3.05) is 5.32 Å². The summed E-state index contributed by atoms with van der Waals surface area (Å²) in [6.45, 7) is 3.90. The van der Waals surface area contributed by atoms with Crippen LogP contribution in [-0.2, 0) is 7.05 Å². The van der Waals surface area contributed by atoms with Gasteiger partial charge < -0.3 is 5.32 Å². The second kappa shape index (κ2) is 9.11. The fourth-order valence-corrected chi connectivity index (χ4v) is 5.14. The Bertz CT molecular complexity index is 1750. The number of aromatic nitrogens is 6. The highest BCUT2D eigenvalue weighted by Crippen LogP contribution is 2.31. The van der Waals surface area contributed by atoms with Gasteiger partial charge in [0.2, 0.25) is 0 Å². The summed E-state index contributed by atoms with van der Waals surface area (Å²) in [6.07, 6.45) is 3.67. The quantitative estimate of drug-likeness (QED) is 0.320. The van der Waals surface area contributed by atoms with Crippen LogP contribution in [-0.4, -0.2) is 35.3 Å². The van der Waals surface area contributed by atoms with Crippen LogP contribution in [0.5, 0.6) is 0 Å². The Balaban J connectivity index is 1.28. The number of carbonyl (C=O) groups excluding carboxylic acids is 1. The number of anilines is 1. The first-order valence-electron chi connectivity index (χ1n) is 11.8. The Morgan fingerprint density at radius 1 is 0.865 bits per heavy atom. The van der Waals surface area contributed by atoms with Gasteiger partial charge in [0.1, 0.15) is 15.6 Å². The number of aryl methyl sites for hydroxylation is 3. The van der Waals surface area contributed by atoms with Gasteiger partial charge >= 0.3 is 0 Å². The zero-order valence-corrected chi connectivity index (χ0v) is 21.3. The van der Waals surface area contributed by atoms with E-state index in [1.807, 2.05) is 62.6 Å². The average Bonchev–Trinajstić information content (AvgIpc) is 3.60. The van der Waals surface area contributed by atoms with Gasteiger partial charge in [-0.15, -0.1) is 11.3 Å². The highest BCUT2D eigenvalue weighted by Gasteiger charge is 2.19. The molecule has 0 fully saturated rings. The van der Waals surface area contributed by atoms with E-state index in [1.54, 1.807) is 15.4 Å². The number of nitrogens with one attached hydrogen (secondary N) is 1. The topological polar surface area (TPSA) is 90.0 Å². The van der Waals surface area contributed by atoms with Crippen molar-refractivity contribution in [3.8, 4) is 33.1 Å². The van der Waals surface area contributed by atoms with E-state index in [0.29, 0.717) is 22.0 Å². The van der Waals surface area contributed by atoms with Crippen LogP contribution < -0.4 is 5.32 Å². The largest absolute Gasteiger partial charge is 0.304 e. The summed E-state index contributed by atoms with van der Waals surface area (Å²) in [4.78, 5) is 22.7. The standard InChI is InChI=1S/C28H23N7OS/c1-17-9-11-19(12-10-17)25-21(15-34(3)33-25)22-13-14-24-30-23(16-35(24)32-22)31-27(36)26-18(2)29-28(37-26)20-7-5-4-6-8-20/h4-16H,1-3H3,(H,31,36). The molecule has 9 heteroatoms. The molecule has 0 saturated carbocycles. The summed E-state index contributed by atoms with van der Waals surface area (Å²) in [5.74, 6) is 0.184. The third-order valence-electron chi connectivity index (χ3n) is 6.01. The highest BCUT2D eigenvalue weighted by molar-refractivity contribution is 7.17. The van der Waals surface area contributed by atoms with Crippen molar-refractivity contribution in [3.63, 3.8) is 0 Å². The van der Waals surface area contributed by atoms with Crippen molar-refractivity contribution in [2.24, 2.45) is 7.05 Å². The van der Waals surface area contributed by atoms with Crippen molar-refractivity contribution in [1.82, 2.24) is 29.4 Å². The molecule has 37 heavy (non-hydrogen) atoms. The Labute approximate surface area is 217 Å². The van der Waals surface area contributed by atoms with Crippen molar-refractivity contribution in [1.29, 1.82) is 0 Å². The maximum Gasteiger partial charge on any atom is 0.268 e. The van der Waals surface area contributed by atoms with Gasteiger partial charge in [-0.1, -0.05) is 60.2 Å². The molecule has 0 aliphatic carbocycles. The first kappa shape index (κ1) is 22.8. The summed E-state index contributed by atoms with van der Waals surface area (Å²) in [7, 11) is 1.90. The number of amides is 1. The first-order valence-corrected chi connectivity index (χ1v) is 12.6. The number of nitrogens with zero attached hydrogens (tertiary/aromatic N) is 6. The number of rotatable bonds is 5. The van der Waals surface area contributed by atoms with Crippen LogP contribution in [0.25, 0.3) is 38.7 Å². The van der Waals surface area contributed by atoms with E-state index in [4.69, 9.17) is 5.10 Å². The lowest BCUT2D eigenvalue weighted by molar-refractivity contribution is 0.102. The predicted molar refractivity (Wildman–Crippen MR) is 146 cm³/mol. The summed E-state index contributed by atoms with van der Waals surface area (Å²) < 4.78 is 3.46. The van der Waals surface area contributed by atoms with E-state index in [1.165, 1.54) is 16.9 Å². The minimum Gasteiger partial charge on any atom is -0.304 e. The molecule has 8 nitrogen and oxygen atoms in total. The van der Waals surface area contributed by atoms with Crippen LogP contribution in [0.2, 0.25) is 0 Å². The Kier molecular flexibility index (Phi) is 5.61. The molecule has 2 aromatic carbocycles. The monoisotopic (exact) mass is 505 g/mol. The minimum atomic E-state index is -0.241. The maximum atomic E-state index is 13.1. The third kappa shape index (κ3) is 4.41. The van der Waals surface area contributed by atoms with E-state index < -0.39 is 0 Å². The van der Waals surface area contributed by atoms with Gasteiger partial charge in [-0.3, -0.25) is 9.48 Å². The summed E-state index contributed by atoms with van der Waals surface area (Å²) in [5.41, 5.74) is 7.06. The molecule has 4 heterocycles. The number of thiazole rings is 1. The lowest BCUT2D eigenvalue weighted by atomic mass is 10.0. The second-order valence-corrected chi connectivity index (χ2v) is 9.83. The van der Waals surface area contributed by atoms with Gasteiger partial charge in [0, 0.05) is 29.9 Å². The Morgan fingerprint density at radius 2 is 1.65 bits per heavy atom. The molecule has 0 atom stereocenters. The number of hydrogen-bond donors (Lipinski definition) is 1. The molecule has 0 spiro atoms. The van der Waals surface area contributed by atoms with E-state index in [9.17, 15) is 4.79 Å². The molecule has 0 aliphatic rings. The molecule has 0 radical (unpaired) electrons. The maximum absolute atomic E-state index is 13.1. The van der Waals surface area contributed by atoms with Gasteiger partial charge in [-0.2, -0.15) is 10.2 Å². The average molecular weight is 506 g/mol. The molecule has 0 saturated heterocycles. The van der Waals surface area contributed by atoms with E-state index in [2.05, 4.69) is 51.6 Å². The number of benzene rings is 2. The van der Waals surface area contributed by atoms with Crippen molar-refractivity contribution in [2.45, 2.75) is 13.8 Å². The molecule has 6 rings (SSSR count). The lowest BCUT2D eigenvalue weighted by Gasteiger charge is -2.03. The van der Waals surface area contributed by atoms with Gasteiger partial charge in [0.25, 0.3) is 5.91 Å². The molecule has 4 aromatic heterocycles. The lowest BCUT2D eigenvalue weighted by Crippen LogP contribution is -2.11. The number of imidazole rings is 1. The van der Waals surface area contributed by atoms with Gasteiger partial charge in [-0.25, -0.2) is 14.5 Å². The molecule has 6 aromatic rings. The highest BCUT2D eigenvalue weighted by atomic mass is 32.1. The van der Waals surface area contributed by atoms with Crippen molar-refractivity contribution >= 4 is 28.7 Å². The SMILES string of the molecule is Cc1ccc(-c2nn(C)cc2-c2ccc3nc(NC(=O)c4sc(-c5ccccc5)nc4C)cn3n2)cc1. The normalized spacial score (nSPS) is 11.2. The second-order valence-electron chi connectivity index (χ2n) is 8.83. The fraction of sp³-hybridized carbons (Fsp3) is 0.107. The molecule has 1 N–H and O–H groups in total. The zero-order chi connectivity index (χ0) is 25.5. The van der Waals surface area contributed by atoms with E-state index in [-0.39, 0.29) is 5.91 Å². The van der Waals surface area contributed by atoms with Gasteiger partial charge in [0.15, 0.2) is 11.5 Å². The molecule has 0 unspecified atom stereocenters. The smallest absolute Gasteiger partial charge is 0.268 e. The minimum absolute atomic E-state index is 0.241. The third-order valence-corrected chi connectivity index (χ3v) is 7.22. The molecule has 182 valence electrons. The first-order chi connectivity index (χ1) is 17.9. The van der Waals surface area contributed by atoms with Crippen molar-refractivity contribution in [3.05, 3.63) is 95.3 Å². The number of carbonyl (C=O) groups is 1. The fourth-order valence-electron chi connectivity index (χ4n) is 4.17. The van der Waals surface area contributed by atoms with Crippen LogP contribution in [0, 0.1) is 13.8 Å². The molecule has 0 aliphatic heterocycles. The van der Waals surface area contributed by atoms with Gasteiger partial charge in [0.05, 0.1) is 17.6 Å².